The fraction of sp³-hybridized carbons (Fsp3) is 0.381. The first-order valence-electron chi connectivity index (χ1n) is 8.73. The van der Waals surface area contributed by atoms with E-state index in [0.29, 0.717) is 28.7 Å². The molecule has 0 aliphatic heterocycles. The van der Waals surface area contributed by atoms with Crippen LogP contribution in [0.4, 0.5) is 0 Å². The summed E-state index contributed by atoms with van der Waals surface area (Å²) in [5.74, 6) is 1.29. The summed E-state index contributed by atoms with van der Waals surface area (Å²) in [5.41, 5.74) is 3.49. The molecule has 27 heavy (non-hydrogen) atoms. The van der Waals surface area contributed by atoms with Gasteiger partial charge in [0.15, 0.2) is 0 Å². The van der Waals surface area contributed by atoms with Crippen molar-refractivity contribution >= 4 is 11.5 Å². The molecule has 1 heterocycles. The van der Waals surface area contributed by atoms with E-state index in [0.717, 1.165) is 11.1 Å². The number of carbonyl (C=O) groups excluding carboxylic acids is 1. The number of methoxy groups -OCH3 is 2. The minimum Gasteiger partial charge on any atom is -0.503 e. The van der Waals surface area contributed by atoms with Gasteiger partial charge in [0.05, 0.1) is 31.7 Å². The second kappa shape index (κ2) is 8.66. The molecular formula is C21H26N2O4. The second-order valence-corrected chi connectivity index (χ2v) is 6.63. The zero-order valence-corrected chi connectivity index (χ0v) is 16.9. The molecule has 0 saturated heterocycles. The third-order valence-electron chi connectivity index (χ3n) is 4.03. The molecule has 0 N–H and O–H groups in total. The Labute approximate surface area is 160 Å². The third kappa shape index (κ3) is 4.84. The molecular weight excluding hydrogens is 344 g/mol. The van der Waals surface area contributed by atoms with Crippen LogP contribution in [0.5, 0.6) is 11.6 Å². The van der Waals surface area contributed by atoms with Gasteiger partial charge < -0.3 is 14.2 Å². The summed E-state index contributed by atoms with van der Waals surface area (Å²) in [6.07, 6.45) is 1.31. The Hall–Kier alpha value is -2.89. The number of nitrogens with zero attached hydrogens (tertiary/aromatic N) is 2. The molecule has 6 nitrogen and oxygen atoms in total. The molecule has 0 radical (unpaired) electrons. The lowest BCUT2D eigenvalue weighted by molar-refractivity contribution is -0.133. The number of ether oxygens (including phenoxy) is 3. The summed E-state index contributed by atoms with van der Waals surface area (Å²) >= 11 is 0. The molecule has 1 aromatic heterocycles. The number of hydrogen-bond donors (Lipinski definition) is 0. The Kier molecular flexibility index (Phi) is 6.55. The van der Waals surface area contributed by atoms with Crippen molar-refractivity contribution in [2.45, 2.75) is 40.5 Å². The van der Waals surface area contributed by atoms with E-state index in [9.17, 15) is 4.79 Å². The minimum atomic E-state index is -0.552. The highest BCUT2D eigenvalue weighted by Gasteiger charge is 2.23. The Morgan fingerprint density at radius 3 is 2.37 bits per heavy atom. The van der Waals surface area contributed by atoms with E-state index in [2.05, 4.69) is 29.9 Å². The van der Waals surface area contributed by atoms with Crippen LogP contribution >= 0.6 is 0 Å². The lowest BCUT2D eigenvalue weighted by Crippen LogP contribution is -2.10. The van der Waals surface area contributed by atoms with E-state index in [4.69, 9.17) is 14.2 Å². The Balaban J connectivity index is 2.61. The monoisotopic (exact) mass is 370 g/mol. The zero-order chi connectivity index (χ0) is 20.1. The molecule has 6 heteroatoms. The van der Waals surface area contributed by atoms with Gasteiger partial charge in [0, 0.05) is 0 Å². The molecule has 144 valence electrons. The van der Waals surface area contributed by atoms with E-state index in [1.165, 1.54) is 20.5 Å². The molecule has 1 aromatic carbocycles. The van der Waals surface area contributed by atoms with Crippen LogP contribution in [0, 0.1) is 20.8 Å². The van der Waals surface area contributed by atoms with Crippen LogP contribution in [0.3, 0.4) is 0 Å². The summed E-state index contributed by atoms with van der Waals surface area (Å²) in [7, 11) is 2.77. The quantitative estimate of drug-likeness (QED) is 0.424. The molecule has 2 rings (SSSR count). The van der Waals surface area contributed by atoms with Crippen LogP contribution in [0.2, 0.25) is 0 Å². The van der Waals surface area contributed by atoms with Gasteiger partial charge in [0.25, 0.3) is 0 Å². The summed E-state index contributed by atoms with van der Waals surface area (Å²) in [5, 5.41) is 0. The van der Waals surface area contributed by atoms with E-state index in [1.54, 1.807) is 13.8 Å². The number of carbonyl (C=O) groups is 1. The van der Waals surface area contributed by atoms with Crippen molar-refractivity contribution in [2.75, 3.05) is 14.2 Å². The van der Waals surface area contributed by atoms with Crippen molar-refractivity contribution in [3.63, 3.8) is 0 Å². The third-order valence-corrected chi connectivity index (χ3v) is 4.03. The average Bonchev–Trinajstić information content (AvgIpc) is 2.59. The first-order chi connectivity index (χ1) is 12.8. The number of aryl methyl sites for hydroxylation is 3. The van der Waals surface area contributed by atoms with Crippen LogP contribution in [-0.4, -0.2) is 30.2 Å². The van der Waals surface area contributed by atoms with Crippen molar-refractivity contribution in [3.8, 4) is 11.6 Å². The summed E-state index contributed by atoms with van der Waals surface area (Å²) < 4.78 is 16.1. The first-order valence-corrected chi connectivity index (χ1v) is 8.73. The maximum absolute atomic E-state index is 12.3. The lowest BCUT2D eigenvalue weighted by atomic mass is 10.0. The predicted octanol–water partition coefficient (Wildman–Crippen LogP) is 4.48. The molecule has 0 aliphatic carbocycles. The highest BCUT2D eigenvalue weighted by atomic mass is 16.5. The van der Waals surface area contributed by atoms with Gasteiger partial charge in [-0.05, 0) is 49.9 Å². The number of esters is 1. The summed E-state index contributed by atoms with van der Waals surface area (Å²) in [4.78, 5) is 21.0. The molecule has 0 saturated carbocycles. The lowest BCUT2D eigenvalue weighted by Gasteiger charge is -2.16. The zero-order valence-electron chi connectivity index (χ0n) is 16.9. The largest absolute Gasteiger partial charge is 0.503 e. The van der Waals surface area contributed by atoms with Crippen molar-refractivity contribution < 1.29 is 19.0 Å². The standard InChI is InChI=1S/C21H26N2O4/c1-12(2)16-8-13(3)9-17(10-16)27-20-19(14(4)22-15(5)23-20)18(11-25-6)21(24)26-7/h8-12H,1-7H3. The van der Waals surface area contributed by atoms with Gasteiger partial charge >= 0.3 is 5.97 Å². The van der Waals surface area contributed by atoms with Gasteiger partial charge in [-0.25, -0.2) is 9.78 Å². The fourth-order valence-corrected chi connectivity index (χ4v) is 2.78. The normalized spacial score (nSPS) is 11.5. The Morgan fingerprint density at radius 1 is 1.07 bits per heavy atom. The van der Waals surface area contributed by atoms with Crippen molar-refractivity contribution in [3.05, 3.63) is 52.7 Å². The van der Waals surface area contributed by atoms with E-state index in [1.807, 2.05) is 19.1 Å². The number of aromatic nitrogens is 2. The van der Waals surface area contributed by atoms with Gasteiger partial charge in [-0.1, -0.05) is 19.9 Å². The predicted molar refractivity (Wildman–Crippen MR) is 104 cm³/mol. The fourth-order valence-electron chi connectivity index (χ4n) is 2.78. The maximum atomic E-state index is 12.3. The molecule has 0 spiro atoms. The molecule has 0 unspecified atom stereocenters. The smallest absolute Gasteiger partial charge is 0.341 e. The van der Waals surface area contributed by atoms with Crippen molar-refractivity contribution in [1.82, 2.24) is 9.97 Å². The highest BCUT2D eigenvalue weighted by molar-refractivity contribution is 6.17. The van der Waals surface area contributed by atoms with Crippen LogP contribution in [-0.2, 0) is 14.3 Å². The molecule has 0 fully saturated rings. The first kappa shape index (κ1) is 20.4. The van der Waals surface area contributed by atoms with E-state index in [-0.39, 0.29) is 11.5 Å². The van der Waals surface area contributed by atoms with Crippen molar-refractivity contribution in [2.24, 2.45) is 0 Å². The van der Waals surface area contributed by atoms with Crippen LogP contribution in [0.25, 0.3) is 5.57 Å². The minimum absolute atomic E-state index is 0.198. The van der Waals surface area contributed by atoms with Gasteiger partial charge in [0.2, 0.25) is 5.88 Å². The number of rotatable bonds is 6. The number of benzene rings is 1. The van der Waals surface area contributed by atoms with Gasteiger partial charge in [0.1, 0.15) is 17.1 Å². The van der Waals surface area contributed by atoms with Gasteiger partial charge in [-0.3, -0.25) is 0 Å². The highest BCUT2D eigenvalue weighted by Crippen LogP contribution is 2.33. The second-order valence-electron chi connectivity index (χ2n) is 6.63. The SMILES string of the molecule is COC=C(C(=O)OC)c1c(C)nc(C)nc1Oc1cc(C)cc(C(C)C)c1. The van der Waals surface area contributed by atoms with Crippen LogP contribution in [0.1, 0.15) is 48.0 Å². The van der Waals surface area contributed by atoms with Gasteiger partial charge in [-0.15, -0.1) is 0 Å². The topological polar surface area (TPSA) is 70.5 Å². The molecule has 0 aliphatic rings. The van der Waals surface area contributed by atoms with Crippen LogP contribution < -0.4 is 4.74 Å². The number of hydrogen-bond acceptors (Lipinski definition) is 6. The summed E-state index contributed by atoms with van der Waals surface area (Å²) in [6, 6.07) is 6.03. The molecule has 0 atom stereocenters. The van der Waals surface area contributed by atoms with E-state index >= 15 is 0 Å². The van der Waals surface area contributed by atoms with Crippen LogP contribution in [0.15, 0.2) is 24.5 Å². The Bertz CT molecular complexity index is 873. The molecule has 2 aromatic rings. The average molecular weight is 370 g/mol. The van der Waals surface area contributed by atoms with E-state index < -0.39 is 5.97 Å². The summed E-state index contributed by atoms with van der Waals surface area (Å²) in [6.45, 7) is 9.83. The molecule has 0 amide bonds. The maximum Gasteiger partial charge on any atom is 0.341 e. The molecule has 0 bridgehead atoms. The van der Waals surface area contributed by atoms with Crippen molar-refractivity contribution in [1.29, 1.82) is 0 Å². The van der Waals surface area contributed by atoms with Gasteiger partial charge in [-0.2, -0.15) is 4.98 Å². The Morgan fingerprint density at radius 2 is 1.78 bits per heavy atom.